The van der Waals surface area contributed by atoms with Crippen LogP contribution in [-0.2, 0) is 13.0 Å². The number of aromatic nitrogens is 2. The lowest BCUT2D eigenvalue weighted by Gasteiger charge is -2.34. The van der Waals surface area contributed by atoms with Crippen molar-refractivity contribution in [2.75, 3.05) is 6.54 Å². The molecule has 3 aromatic rings. The highest BCUT2D eigenvalue weighted by atomic mass is 35.5. The Kier molecular flexibility index (Phi) is 5.54. The van der Waals surface area contributed by atoms with Crippen LogP contribution in [0.5, 0.6) is 5.75 Å². The molecule has 0 atom stereocenters. The molecule has 0 saturated carbocycles. The molecule has 160 valence electrons. The zero-order valence-corrected chi connectivity index (χ0v) is 17.9. The third-order valence-corrected chi connectivity index (χ3v) is 5.69. The fourth-order valence-corrected chi connectivity index (χ4v) is 4.14. The summed E-state index contributed by atoms with van der Waals surface area (Å²) in [6.45, 7) is 4.46. The fraction of sp³-hybridized carbons (Fsp3) is 0.261. The van der Waals surface area contributed by atoms with Gasteiger partial charge < -0.3 is 14.6 Å². The van der Waals surface area contributed by atoms with Gasteiger partial charge >= 0.3 is 5.56 Å². The second kappa shape index (κ2) is 8.15. The van der Waals surface area contributed by atoms with Crippen molar-refractivity contribution in [3.63, 3.8) is 0 Å². The molecule has 1 N–H and O–H groups in total. The summed E-state index contributed by atoms with van der Waals surface area (Å²) < 4.78 is 16.5. The normalized spacial score (nSPS) is 13.6. The summed E-state index contributed by atoms with van der Waals surface area (Å²) in [6.07, 6.45) is -0.0370. The lowest BCUT2D eigenvalue weighted by atomic mass is 9.96. The number of rotatable bonds is 4. The van der Waals surface area contributed by atoms with Crippen LogP contribution in [0.3, 0.4) is 0 Å². The van der Waals surface area contributed by atoms with Crippen LogP contribution in [0.1, 0.15) is 35.7 Å². The number of hydrogen-bond donors (Lipinski definition) is 1. The van der Waals surface area contributed by atoms with E-state index in [2.05, 4.69) is 4.98 Å². The minimum atomic E-state index is -0.907. The molecule has 1 aliphatic heterocycles. The quantitative estimate of drug-likeness (QED) is 0.667. The monoisotopic (exact) mass is 441 g/mol. The molecule has 0 bridgehead atoms. The topological polar surface area (TPSA) is 75.4 Å². The Morgan fingerprint density at radius 1 is 1.16 bits per heavy atom. The molecule has 2 heterocycles. The second-order valence-electron chi connectivity index (χ2n) is 7.73. The van der Waals surface area contributed by atoms with Gasteiger partial charge in [-0.2, -0.15) is 4.98 Å². The number of fused-ring (bicyclic) bond motifs is 1. The van der Waals surface area contributed by atoms with Gasteiger partial charge in [-0.25, -0.2) is 4.39 Å². The summed E-state index contributed by atoms with van der Waals surface area (Å²) in [5.74, 6) is -1.44. The van der Waals surface area contributed by atoms with Gasteiger partial charge in [0, 0.05) is 36.1 Å². The zero-order valence-electron chi connectivity index (χ0n) is 17.1. The van der Waals surface area contributed by atoms with E-state index in [1.54, 1.807) is 11.0 Å². The molecule has 31 heavy (non-hydrogen) atoms. The van der Waals surface area contributed by atoms with Crippen LogP contribution in [0.15, 0.2) is 47.3 Å². The highest BCUT2D eigenvalue weighted by Crippen LogP contribution is 2.31. The third-order valence-electron chi connectivity index (χ3n) is 5.47. The molecule has 6 nitrogen and oxygen atoms in total. The van der Waals surface area contributed by atoms with Crippen LogP contribution in [-0.4, -0.2) is 38.1 Å². The third kappa shape index (κ3) is 3.81. The van der Waals surface area contributed by atoms with E-state index in [0.29, 0.717) is 24.2 Å². The summed E-state index contributed by atoms with van der Waals surface area (Å²) in [4.78, 5) is 30.8. The van der Waals surface area contributed by atoms with Crippen LogP contribution < -0.4 is 5.56 Å². The molecular weight excluding hydrogens is 421 g/mol. The van der Waals surface area contributed by atoms with E-state index < -0.39 is 23.0 Å². The maximum absolute atomic E-state index is 15.0. The Hall–Kier alpha value is -3.19. The number of aromatic hydroxyl groups is 1. The van der Waals surface area contributed by atoms with Gasteiger partial charge in [0.15, 0.2) is 5.69 Å². The van der Waals surface area contributed by atoms with Crippen LogP contribution in [0.4, 0.5) is 4.39 Å². The van der Waals surface area contributed by atoms with Crippen LogP contribution in [0.25, 0.3) is 11.1 Å². The van der Waals surface area contributed by atoms with E-state index in [4.69, 9.17) is 11.6 Å². The smallest absolute Gasteiger partial charge is 0.315 e. The summed E-state index contributed by atoms with van der Waals surface area (Å²) in [5.41, 5.74) is 0.636. The van der Waals surface area contributed by atoms with Crippen molar-refractivity contribution >= 4 is 17.5 Å². The van der Waals surface area contributed by atoms with Crippen LogP contribution in [0.2, 0.25) is 5.02 Å². The number of benzene rings is 2. The van der Waals surface area contributed by atoms with E-state index in [1.807, 2.05) is 44.2 Å². The minimum absolute atomic E-state index is 0.0370. The van der Waals surface area contributed by atoms with E-state index >= 15 is 4.39 Å². The van der Waals surface area contributed by atoms with Crippen molar-refractivity contribution in [3.05, 3.63) is 80.7 Å². The lowest BCUT2D eigenvalue weighted by Crippen LogP contribution is -2.46. The molecule has 0 radical (unpaired) electrons. The average molecular weight is 442 g/mol. The highest BCUT2D eigenvalue weighted by Gasteiger charge is 2.32. The van der Waals surface area contributed by atoms with Crippen LogP contribution >= 0.6 is 11.6 Å². The van der Waals surface area contributed by atoms with Gasteiger partial charge in [0.05, 0.1) is 0 Å². The number of carbonyl (C=O) groups is 1. The summed E-state index contributed by atoms with van der Waals surface area (Å²) in [6, 6.07) is 12.0. The molecule has 0 saturated heterocycles. The van der Waals surface area contributed by atoms with Crippen molar-refractivity contribution in [3.8, 4) is 16.9 Å². The molecule has 8 heteroatoms. The summed E-state index contributed by atoms with van der Waals surface area (Å²) in [7, 11) is 0. The van der Waals surface area contributed by atoms with Gasteiger partial charge in [-0.05, 0) is 37.1 Å². The average Bonchev–Trinajstić information content (AvgIpc) is 2.73. The largest absolute Gasteiger partial charge is 0.501 e. The van der Waals surface area contributed by atoms with Gasteiger partial charge in [-0.1, -0.05) is 41.9 Å². The Morgan fingerprint density at radius 3 is 2.55 bits per heavy atom. The van der Waals surface area contributed by atoms with Gasteiger partial charge in [0.2, 0.25) is 5.75 Å². The second-order valence-corrected chi connectivity index (χ2v) is 8.17. The Balaban J connectivity index is 1.87. The predicted octanol–water partition coefficient (Wildman–Crippen LogP) is 3.86. The van der Waals surface area contributed by atoms with E-state index in [-0.39, 0.29) is 29.0 Å². The molecule has 1 aliphatic rings. The van der Waals surface area contributed by atoms with Gasteiger partial charge in [-0.3, -0.25) is 9.59 Å². The maximum atomic E-state index is 15.0. The molecule has 0 fully saturated rings. The van der Waals surface area contributed by atoms with Gasteiger partial charge in [-0.15, -0.1) is 0 Å². The van der Waals surface area contributed by atoms with Crippen molar-refractivity contribution in [1.29, 1.82) is 0 Å². The Morgan fingerprint density at radius 2 is 1.87 bits per heavy atom. The van der Waals surface area contributed by atoms with Crippen molar-refractivity contribution in [2.24, 2.45) is 0 Å². The first kappa shape index (κ1) is 21.1. The summed E-state index contributed by atoms with van der Waals surface area (Å²) in [5, 5.41) is 10.5. The minimum Gasteiger partial charge on any atom is -0.501 e. The highest BCUT2D eigenvalue weighted by molar-refractivity contribution is 6.30. The maximum Gasteiger partial charge on any atom is 0.315 e. The number of nitrogens with zero attached hydrogens (tertiary/aromatic N) is 3. The molecule has 1 aromatic heterocycles. The first-order valence-electron chi connectivity index (χ1n) is 9.95. The SMILES string of the molecule is CC(C)N1CCn2c(Cc3c(F)cc(Cl)cc3-c3ccccc3)nc(=O)c(O)c2C1=O. The summed E-state index contributed by atoms with van der Waals surface area (Å²) >= 11 is 6.11. The zero-order chi connectivity index (χ0) is 22.3. The standard InChI is InChI=1S/C23H21ClFN3O3/c1-13(2)27-8-9-28-19(26-22(30)21(29)20(28)23(27)31)12-17-16(10-15(24)11-18(17)25)14-6-4-3-5-7-14/h3-7,10-11,13,29H,8-9,12H2,1-2H3. The lowest BCUT2D eigenvalue weighted by molar-refractivity contribution is 0.0638. The number of carbonyl (C=O) groups excluding carboxylic acids is 1. The molecule has 0 unspecified atom stereocenters. The predicted molar refractivity (Wildman–Crippen MR) is 116 cm³/mol. The fourth-order valence-electron chi connectivity index (χ4n) is 3.94. The van der Waals surface area contributed by atoms with Gasteiger partial charge in [0.1, 0.15) is 11.6 Å². The molecule has 0 spiro atoms. The molecule has 4 rings (SSSR count). The Labute approximate surface area is 183 Å². The van der Waals surface area contributed by atoms with Crippen molar-refractivity contribution < 1.29 is 14.3 Å². The molecule has 0 aliphatic carbocycles. The van der Waals surface area contributed by atoms with E-state index in [1.165, 1.54) is 10.6 Å². The van der Waals surface area contributed by atoms with Gasteiger partial charge in [0.25, 0.3) is 5.91 Å². The Bertz CT molecular complexity index is 1220. The molecule has 1 amide bonds. The van der Waals surface area contributed by atoms with E-state index in [0.717, 1.165) is 5.56 Å². The first-order valence-corrected chi connectivity index (χ1v) is 10.3. The molecular formula is C23H21ClFN3O3. The first-order chi connectivity index (χ1) is 14.8. The van der Waals surface area contributed by atoms with Crippen molar-refractivity contribution in [1.82, 2.24) is 14.5 Å². The van der Waals surface area contributed by atoms with Crippen LogP contribution in [0, 0.1) is 5.82 Å². The number of halogens is 2. The number of amides is 1. The van der Waals surface area contributed by atoms with Crippen molar-refractivity contribution in [2.45, 2.75) is 32.9 Å². The van der Waals surface area contributed by atoms with E-state index in [9.17, 15) is 14.7 Å². The molecule has 2 aromatic carbocycles. The number of hydrogen-bond acceptors (Lipinski definition) is 4.